The van der Waals surface area contributed by atoms with Gasteiger partial charge in [-0.1, -0.05) is 17.4 Å². The number of fused-ring (bicyclic) bond motifs is 1. The molecule has 0 spiro atoms. The number of rotatable bonds is 9. The lowest BCUT2D eigenvalue weighted by molar-refractivity contribution is -0.116. The van der Waals surface area contributed by atoms with Crippen LogP contribution in [0.1, 0.15) is 6.42 Å². The van der Waals surface area contributed by atoms with Crippen LogP contribution in [0.4, 0.5) is 9.52 Å². The maximum absolute atomic E-state index is 13.2. The van der Waals surface area contributed by atoms with Crippen molar-refractivity contribution in [1.82, 2.24) is 9.88 Å². The first-order valence-electron chi connectivity index (χ1n) is 9.58. The molecule has 3 aromatic rings. The first kappa shape index (κ1) is 23.1. The number of hydrogen-bond donors (Lipinski definition) is 0. The molecule has 166 valence electrons. The summed E-state index contributed by atoms with van der Waals surface area (Å²) in [5, 5.41) is 0.414. The number of hydrogen-bond acceptors (Lipinski definition) is 7. The number of carbonyl (C=O) groups excluding carboxylic acids is 1. The van der Waals surface area contributed by atoms with Crippen LogP contribution in [-0.2, 0) is 14.6 Å². The Bertz CT molecular complexity index is 1160. The fourth-order valence-corrected chi connectivity index (χ4v) is 5.25. The van der Waals surface area contributed by atoms with Gasteiger partial charge in [-0.25, -0.2) is 17.8 Å². The highest BCUT2D eigenvalue weighted by Gasteiger charge is 2.27. The Balaban J connectivity index is 1.91. The van der Waals surface area contributed by atoms with Crippen molar-refractivity contribution >= 4 is 42.4 Å². The van der Waals surface area contributed by atoms with Gasteiger partial charge < -0.3 is 9.64 Å². The molecule has 3 rings (SSSR count). The topological polar surface area (TPSA) is 79.8 Å². The van der Waals surface area contributed by atoms with Crippen LogP contribution in [0.5, 0.6) is 5.75 Å². The van der Waals surface area contributed by atoms with Crippen LogP contribution >= 0.6 is 11.3 Å². The summed E-state index contributed by atoms with van der Waals surface area (Å²) < 4.78 is 44.8. The molecule has 1 aromatic heterocycles. The highest BCUT2D eigenvalue weighted by atomic mass is 32.2. The smallest absolute Gasteiger partial charge is 0.244 e. The Morgan fingerprint density at radius 3 is 2.48 bits per heavy atom. The molecule has 0 aliphatic rings. The number of benzene rings is 2. The van der Waals surface area contributed by atoms with E-state index in [2.05, 4.69) is 4.98 Å². The van der Waals surface area contributed by atoms with Crippen molar-refractivity contribution in [2.75, 3.05) is 44.9 Å². The number of sulfone groups is 1. The third kappa shape index (κ3) is 5.57. The van der Waals surface area contributed by atoms with E-state index in [0.29, 0.717) is 29.4 Å². The minimum absolute atomic E-state index is 0.0959. The second-order valence-corrected chi connectivity index (χ2v) is 10.2. The van der Waals surface area contributed by atoms with E-state index >= 15 is 0 Å². The van der Waals surface area contributed by atoms with Crippen LogP contribution < -0.4 is 9.64 Å². The minimum atomic E-state index is -3.93. The normalized spacial score (nSPS) is 11.8. The molecular weight excluding hydrogens is 441 g/mol. The molecule has 0 saturated heterocycles. The SMILES string of the molecule is COc1cccc2sc(N(CCCN(C)C)C(=O)CS(=O)(=O)c3ccc(F)cc3)nc12. The van der Waals surface area contributed by atoms with Crippen LogP contribution in [0.3, 0.4) is 0 Å². The summed E-state index contributed by atoms with van der Waals surface area (Å²) in [5.41, 5.74) is 0.622. The second-order valence-electron chi connectivity index (χ2n) is 7.22. The monoisotopic (exact) mass is 465 g/mol. The molecule has 0 radical (unpaired) electrons. The van der Waals surface area contributed by atoms with Gasteiger partial charge in [-0.2, -0.15) is 0 Å². The predicted molar refractivity (Wildman–Crippen MR) is 120 cm³/mol. The number of para-hydroxylation sites is 1. The van der Waals surface area contributed by atoms with Crippen molar-refractivity contribution in [3.05, 3.63) is 48.3 Å². The van der Waals surface area contributed by atoms with Gasteiger partial charge in [0, 0.05) is 6.54 Å². The van der Waals surface area contributed by atoms with Gasteiger partial charge in [-0.05, 0) is 63.5 Å². The molecule has 0 aliphatic carbocycles. The third-order valence-corrected chi connectivity index (χ3v) is 7.26. The van der Waals surface area contributed by atoms with Crippen LogP contribution in [0.25, 0.3) is 10.2 Å². The number of anilines is 1. The summed E-state index contributed by atoms with van der Waals surface area (Å²) in [4.78, 5) is 21.0. The molecule has 0 atom stereocenters. The molecular formula is C21H24FN3O4S2. The Morgan fingerprint density at radius 1 is 1.13 bits per heavy atom. The Labute approximate surface area is 185 Å². The Morgan fingerprint density at radius 2 is 1.84 bits per heavy atom. The lowest BCUT2D eigenvalue weighted by Crippen LogP contribution is -2.37. The average Bonchev–Trinajstić information content (AvgIpc) is 3.14. The summed E-state index contributed by atoms with van der Waals surface area (Å²) in [7, 11) is 1.46. The van der Waals surface area contributed by atoms with Crippen LogP contribution in [-0.4, -0.2) is 64.3 Å². The van der Waals surface area contributed by atoms with Crippen LogP contribution in [0, 0.1) is 5.82 Å². The van der Waals surface area contributed by atoms with Gasteiger partial charge in [0.1, 0.15) is 22.8 Å². The zero-order valence-corrected chi connectivity index (χ0v) is 19.2. The third-order valence-electron chi connectivity index (χ3n) is 4.60. The molecule has 31 heavy (non-hydrogen) atoms. The van der Waals surface area contributed by atoms with Crippen molar-refractivity contribution in [3.8, 4) is 5.75 Å². The van der Waals surface area contributed by atoms with E-state index < -0.39 is 27.3 Å². The first-order chi connectivity index (χ1) is 14.7. The van der Waals surface area contributed by atoms with Crippen molar-refractivity contribution in [1.29, 1.82) is 0 Å². The molecule has 10 heteroatoms. The Hall–Kier alpha value is -2.56. The number of ether oxygens (including phenoxy) is 1. The highest BCUT2D eigenvalue weighted by Crippen LogP contribution is 2.34. The molecule has 0 N–H and O–H groups in total. The molecule has 7 nitrogen and oxygen atoms in total. The molecule has 0 bridgehead atoms. The second kappa shape index (κ2) is 9.71. The molecule has 0 aliphatic heterocycles. The van der Waals surface area contributed by atoms with E-state index in [0.717, 1.165) is 35.5 Å². The van der Waals surface area contributed by atoms with Crippen molar-refractivity contribution in [2.24, 2.45) is 0 Å². The van der Waals surface area contributed by atoms with E-state index in [-0.39, 0.29) is 4.90 Å². The van der Waals surface area contributed by atoms with Crippen molar-refractivity contribution in [2.45, 2.75) is 11.3 Å². The molecule has 1 amide bonds. The molecule has 1 heterocycles. The maximum Gasteiger partial charge on any atom is 0.244 e. The highest BCUT2D eigenvalue weighted by molar-refractivity contribution is 7.92. The first-order valence-corrected chi connectivity index (χ1v) is 12.0. The van der Waals surface area contributed by atoms with E-state index in [1.165, 1.54) is 16.2 Å². The zero-order valence-electron chi connectivity index (χ0n) is 17.5. The summed E-state index contributed by atoms with van der Waals surface area (Å²) >= 11 is 1.30. The molecule has 0 unspecified atom stereocenters. The number of nitrogens with zero attached hydrogens (tertiary/aromatic N) is 3. The lowest BCUT2D eigenvalue weighted by atomic mass is 10.3. The number of thiazole rings is 1. The quantitative estimate of drug-likeness (QED) is 0.452. The fraction of sp³-hybridized carbons (Fsp3) is 0.333. The predicted octanol–water partition coefficient (Wildman–Crippen LogP) is 3.20. The van der Waals surface area contributed by atoms with Crippen LogP contribution in [0.2, 0.25) is 0 Å². The summed E-state index contributed by atoms with van der Waals surface area (Å²) in [5.74, 6) is -1.27. The van der Waals surface area contributed by atoms with E-state index in [1.54, 1.807) is 13.2 Å². The van der Waals surface area contributed by atoms with Gasteiger partial charge in [-0.15, -0.1) is 0 Å². The average molecular weight is 466 g/mol. The number of carbonyl (C=O) groups is 1. The van der Waals surface area contributed by atoms with E-state index in [1.807, 2.05) is 31.1 Å². The zero-order chi connectivity index (χ0) is 22.6. The van der Waals surface area contributed by atoms with Gasteiger partial charge >= 0.3 is 0 Å². The summed E-state index contributed by atoms with van der Waals surface area (Å²) in [6.07, 6.45) is 0.641. The lowest BCUT2D eigenvalue weighted by Gasteiger charge is -2.21. The van der Waals surface area contributed by atoms with Gasteiger partial charge in [0.2, 0.25) is 5.91 Å². The van der Waals surface area contributed by atoms with Crippen molar-refractivity contribution < 1.29 is 22.3 Å². The fourth-order valence-electron chi connectivity index (χ4n) is 3.03. The summed E-state index contributed by atoms with van der Waals surface area (Å²) in [6.45, 7) is 1.04. The molecule has 0 saturated carbocycles. The maximum atomic E-state index is 13.2. The standard InChI is InChI=1S/C21H24FN3O4S2/c1-24(2)12-5-13-25(21-23-20-17(29-3)6-4-7-18(20)30-21)19(26)14-31(27,28)16-10-8-15(22)9-11-16/h4,6-11H,5,12-14H2,1-3H3. The van der Waals surface area contributed by atoms with Gasteiger partial charge in [-0.3, -0.25) is 9.69 Å². The largest absolute Gasteiger partial charge is 0.494 e. The summed E-state index contributed by atoms with van der Waals surface area (Å²) in [6, 6.07) is 9.94. The van der Waals surface area contributed by atoms with Gasteiger partial charge in [0.25, 0.3) is 0 Å². The molecule has 0 fully saturated rings. The van der Waals surface area contributed by atoms with Crippen LogP contribution in [0.15, 0.2) is 47.4 Å². The van der Waals surface area contributed by atoms with E-state index in [9.17, 15) is 17.6 Å². The number of aromatic nitrogens is 1. The van der Waals surface area contributed by atoms with E-state index in [4.69, 9.17) is 4.74 Å². The number of methoxy groups -OCH3 is 1. The van der Waals surface area contributed by atoms with Gasteiger partial charge in [0.05, 0.1) is 16.7 Å². The number of amides is 1. The molecule has 2 aromatic carbocycles. The van der Waals surface area contributed by atoms with Crippen molar-refractivity contribution in [3.63, 3.8) is 0 Å². The number of halogens is 1. The Kier molecular flexibility index (Phi) is 7.24. The van der Waals surface area contributed by atoms with Gasteiger partial charge in [0.15, 0.2) is 15.0 Å². The minimum Gasteiger partial charge on any atom is -0.494 e.